The maximum absolute atomic E-state index is 9.57. The Bertz CT molecular complexity index is 697. The van der Waals surface area contributed by atoms with Crippen molar-refractivity contribution in [2.45, 2.75) is 39.8 Å². The topological polar surface area (TPSA) is 70.6 Å². The molecule has 6 heteroatoms. The highest BCUT2D eigenvalue weighted by atomic mass is 15.3. The first kappa shape index (κ1) is 13.6. The second kappa shape index (κ2) is 5.52. The molecular weight excluding hydrogens is 264 g/mol. The zero-order chi connectivity index (χ0) is 14.8. The molecule has 1 aliphatic rings. The fraction of sp³-hybridized carbons (Fsp3) is 0.467. The Kier molecular flexibility index (Phi) is 3.57. The quantitative estimate of drug-likeness (QED) is 0.856. The second-order valence-electron chi connectivity index (χ2n) is 5.10. The number of fused-ring (bicyclic) bond motifs is 1. The highest BCUT2D eigenvalue weighted by molar-refractivity contribution is 5.58. The molecule has 3 heterocycles. The highest BCUT2D eigenvalue weighted by Gasteiger charge is 2.23. The van der Waals surface area contributed by atoms with Gasteiger partial charge in [0.2, 0.25) is 0 Å². The first-order valence-corrected chi connectivity index (χ1v) is 7.31. The number of aromatic nitrogens is 4. The predicted molar refractivity (Wildman–Crippen MR) is 78.8 cm³/mol. The van der Waals surface area contributed by atoms with E-state index in [1.807, 2.05) is 19.3 Å². The molecule has 0 bridgehead atoms. The molecule has 21 heavy (non-hydrogen) atoms. The van der Waals surface area contributed by atoms with Crippen molar-refractivity contribution in [1.82, 2.24) is 19.7 Å². The van der Waals surface area contributed by atoms with Gasteiger partial charge in [-0.05, 0) is 18.4 Å². The Morgan fingerprint density at radius 2 is 2.10 bits per heavy atom. The minimum atomic E-state index is 0.671. The second-order valence-corrected chi connectivity index (χ2v) is 5.10. The number of hydrogen-bond acceptors (Lipinski definition) is 5. The van der Waals surface area contributed by atoms with Crippen molar-refractivity contribution in [1.29, 1.82) is 5.26 Å². The fourth-order valence-electron chi connectivity index (χ4n) is 2.86. The number of nitrogens with zero attached hydrogens (tertiary/aromatic N) is 6. The molecule has 0 fully saturated rings. The summed E-state index contributed by atoms with van der Waals surface area (Å²) in [6.07, 6.45) is 5.40. The lowest BCUT2D eigenvalue weighted by atomic mass is 10.0. The van der Waals surface area contributed by atoms with E-state index in [-0.39, 0.29) is 0 Å². The summed E-state index contributed by atoms with van der Waals surface area (Å²) in [6.45, 7) is 6.45. The molecule has 0 aliphatic carbocycles. The van der Waals surface area contributed by atoms with Crippen LogP contribution in [0.4, 0.5) is 5.82 Å². The van der Waals surface area contributed by atoms with E-state index in [1.165, 1.54) is 0 Å². The Morgan fingerprint density at radius 1 is 1.24 bits per heavy atom. The Labute approximate surface area is 124 Å². The van der Waals surface area contributed by atoms with Gasteiger partial charge in [0.05, 0.1) is 12.2 Å². The monoisotopic (exact) mass is 282 g/mol. The van der Waals surface area contributed by atoms with Crippen LogP contribution >= 0.6 is 0 Å². The van der Waals surface area contributed by atoms with Gasteiger partial charge in [0.1, 0.15) is 17.5 Å². The summed E-state index contributed by atoms with van der Waals surface area (Å²) in [5.41, 5.74) is 2.62. The number of rotatable bonds is 3. The maximum atomic E-state index is 9.57. The maximum Gasteiger partial charge on any atom is 0.170 e. The summed E-state index contributed by atoms with van der Waals surface area (Å²) in [5.74, 6) is 1.70. The van der Waals surface area contributed by atoms with Gasteiger partial charge in [0.15, 0.2) is 5.82 Å². The van der Waals surface area contributed by atoms with Crippen LogP contribution in [0, 0.1) is 11.3 Å². The smallest absolute Gasteiger partial charge is 0.170 e. The van der Waals surface area contributed by atoms with Crippen LogP contribution in [-0.2, 0) is 25.9 Å². The standard InChI is InChI=1S/C15H18N6/c1-3-11-12(9-16)15(19-18-13(11)4-2)21-8-7-20-6-5-17-14(20)10-21/h5-6H,3-4,7-8,10H2,1-2H3. The van der Waals surface area contributed by atoms with E-state index in [2.05, 4.69) is 37.6 Å². The van der Waals surface area contributed by atoms with E-state index in [9.17, 15) is 5.26 Å². The number of imidazole rings is 1. The molecule has 0 unspecified atom stereocenters. The predicted octanol–water partition coefficient (Wildman–Crippen LogP) is 1.69. The van der Waals surface area contributed by atoms with Crippen LogP contribution in [0.5, 0.6) is 0 Å². The SMILES string of the molecule is CCc1nnc(N2CCn3ccnc3C2)c(C#N)c1CC. The molecule has 108 valence electrons. The van der Waals surface area contributed by atoms with Crippen molar-refractivity contribution in [2.24, 2.45) is 0 Å². The van der Waals surface area contributed by atoms with E-state index in [0.29, 0.717) is 17.9 Å². The summed E-state index contributed by atoms with van der Waals surface area (Å²) in [7, 11) is 0. The lowest BCUT2D eigenvalue weighted by Gasteiger charge is -2.29. The summed E-state index contributed by atoms with van der Waals surface area (Å²) in [5, 5.41) is 18.2. The van der Waals surface area contributed by atoms with Gasteiger partial charge in [-0.2, -0.15) is 10.4 Å². The van der Waals surface area contributed by atoms with Gasteiger partial charge >= 0.3 is 0 Å². The molecular formula is C15H18N6. The van der Waals surface area contributed by atoms with Crippen LogP contribution < -0.4 is 4.90 Å². The molecule has 6 nitrogen and oxygen atoms in total. The minimum absolute atomic E-state index is 0.671. The van der Waals surface area contributed by atoms with Crippen LogP contribution in [-0.4, -0.2) is 26.3 Å². The lowest BCUT2D eigenvalue weighted by Crippen LogP contribution is -2.35. The van der Waals surface area contributed by atoms with Gasteiger partial charge in [0, 0.05) is 25.5 Å². The van der Waals surface area contributed by atoms with Gasteiger partial charge in [-0.25, -0.2) is 4.98 Å². The third-order valence-electron chi connectivity index (χ3n) is 3.98. The molecule has 0 spiro atoms. The van der Waals surface area contributed by atoms with Crippen LogP contribution in [0.25, 0.3) is 0 Å². The third-order valence-corrected chi connectivity index (χ3v) is 3.98. The molecule has 0 saturated carbocycles. The summed E-state index contributed by atoms with van der Waals surface area (Å²) >= 11 is 0. The fourth-order valence-corrected chi connectivity index (χ4v) is 2.86. The van der Waals surface area contributed by atoms with Crippen molar-refractivity contribution < 1.29 is 0 Å². The first-order valence-electron chi connectivity index (χ1n) is 7.31. The third kappa shape index (κ3) is 2.25. The summed E-state index contributed by atoms with van der Waals surface area (Å²) in [4.78, 5) is 6.46. The minimum Gasteiger partial charge on any atom is -0.345 e. The van der Waals surface area contributed by atoms with Crippen molar-refractivity contribution in [3.05, 3.63) is 35.0 Å². The number of anilines is 1. The molecule has 0 radical (unpaired) electrons. The van der Waals surface area contributed by atoms with Crippen molar-refractivity contribution in [3.63, 3.8) is 0 Å². The number of nitriles is 1. The van der Waals surface area contributed by atoms with E-state index in [0.717, 1.165) is 43.0 Å². The zero-order valence-corrected chi connectivity index (χ0v) is 12.4. The van der Waals surface area contributed by atoms with E-state index in [4.69, 9.17) is 0 Å². The Hall–Kier alpha value is -2.42. The average Bonchev–Trinajstić information content (AvgIpc) is 3.00. The van der Waals surface area contributed by atoms with Crippen LogP contribution in [0.3, 0.4) is 0 Å². The molecule has 2 aromatic rings. The summed E-state index contributed by atoms with van der Waals surface area (Å²) < 4.78 is 2.14. The van der Waals surface area contributed by atoms with Gasteiger partial charge < -0.3 is 9.47 Å². The van der Waals surface area contributed by atoms with Gasteiger partial charge in [-0.3, -0.25) is 0 Å². The lowest BCUT2D eigenvalue weighted by molar-refractivity contribution is 0.553. The molecule has 3 rings (SSSR count). The van der Waals surface area contributed by atoms with Crippen molar-refractivity contribution in [3.8, 4) is 6.07 Å². The van der Waals surface area contributed by atoms with Gasteiger partial charge in [-0.15, -0.1) is 5.10 Å². The largest absolute Gasteiger partial charge is 0.345 e. The van der Waals surface area contributed by atoms with Gasteiger partial charge in [-0.1, -0.05) is 13.8 Å². The first-order chi connectivity index (χ1) is 10.3. The average molecular weight is 282 g/mol. The van der Waals surface area contributed by atoms with E-state index in [1.54, 1.807) is 0 Å². The Balaban J connectivity index is 2.02. The van der Waals surface area contributed by atoms with E-state index < -0.39 is 0 Å². The zero-order valence-electron chi connectivity index (χ0n) is 12.4. The molecule has 0 atom stereocenters. The normalized spacial score (nSPS) is 13.9. The van der Waals surface area contributed by atoms with Crippen LogP contribution in [0.2, 0.25) is 0 Å². The molecule has 0 amide bonds. The molecule has 0 saturated heterocycles. The highest BCUT2D eigenvalue weighted by Crippen LogP contribution is 2.25. The summed E-state index contributed by atoms with van der Waals surface area (Å²) in [6, 6.07) is 2.33. The van der Waals surface area contributed by atoms with Gasteiger partial charge in [0.25, 0.3) is 0 Å². The molecule has 0 aromatic carbocycles. The number of aryl methyl sites for hydroxylation is 1. The molecule has 0 N–H and O–H groups in total. The molecule has 1 aliphatic heterocycles. The van der Waals surface area contributed by atoms with Crippen molar-refractivity contribution in [2.75, 3.05) is 11.4 Å². The van der Waals surface area contributed by atoms with Crippen LogP contribution in [0.15, 0.2) is 12.4 Å². The Morgan fingerprint density at radius 3 is 2.81 bits per heavy atom. The molecule has 2 aromatic heterocycles. The number of hydrogen-bond donors (Lipinski definition) is 0. The van der Waals surface area contributed by atoms with E-state index >= 15 is 0 Å². The van der Waals surface area contributed by atoms with Crippen LogP contribution in [0.1, 0.15) is 36.5 Å². The van der Waals surface area contributed by atoms with Crippen molar-refractivity contribution >= 4 is 5.82 Å².